The molecule has 0 N–H and O–H groups in total. The van der Waals surface area contributed by atoms with E-state index in [1.165, 1.54) is 0 Å². The first-order valence-electron chi connectivity index (χ1n) is 8.91. The molecule has 0 aliphatic carbocycles. The molecule has 3 aromatic rings. The van der Waals surface area contributed by atoms with Crippen LogP contribution in [0.5, 0.6) is 0 Å². The van der Waals surface area contributed by atoms with Crippen LogP contribution in [0, 0.1) is 13.8 Å². The number of hydrogen-bond donors (Lipinski definition) is 0. The Morgan fingerprint density at radius 1 is 1.19 bits per heavy atom. The van der Waals surface area contributed by atoms with Crippen molar-refractivity contribution in [1.82, 2.24) is 15.1 Å². The van der Waals surface area contributed by atoms with Crippen molar-refractivity contribution in [3.8, 4) is 22.6 Å². The summed E-state index contributed by atoms with van der Waals surface area (Å²) in [5.41, 5.74) is 4.56. The maximum atomic E-state index is 12.1. The number of hydrogen-bond acceptors (Lipinski definition) is 6. The Morgan fingerprint density at radius 2 is 2.00 bits per heavy atom. The summed E-state index contributed by atoms with van der Waals surface area (Å²) in [6.07, 6.45) is 2.28. The molecule has 1 aromatic carbocycles. The van der Waals surface area contributed by atoms with E-state index in [9.17, 15) is 4.79 Å². The smallest absolute Gasteiger partial charge is 0.414 e. The zero-order chi connectivity index (χ0) is 19.0. The van der Waals surface area contributed by atoms with E-state index < -0.39 is 0 Å². The molecule has 7 heteroatoms. The first-order chi connectivity index (χ1) is 13.0. The number of aryl methyl sites for hydroxylation is 2. The van der Waals surface area contributed by atoms with Gasteiger partial charge in [0.2, 0.25) is 11.7 Å². The standard InChI is InChI=1S/C20H20N4O3/c1-4-16-11-24(20(25)26-16)18-8-6-14(9-12(18)2)15-5-7-17(21-10-15)19-22-13(3)27-23-19/h5-10,16H,4,11H2,1-3H3. The van der Waals surface area contributed by atoms with Gasteiger partial charge in [-0.25, -0.2) is 4.79 Å². The fraction of sp³-hybridized carbons (Fsp3) is 0.300. The molecule has 1 aliphatic rings. The van der Waals surface area contributed by atoms with Crippen LogP contribution >= 0.6 is 0 Å². The van der Waals surface area contributed by atoms with Crippen LogP contribution in [0.1, 0.15) is 24.8 Å². The summed E-state index contributed by atoms with van der Waals surface area (Å²) in [6, 6.07) is 9.84. The summed E-state index contributed by atoms with van der Waals surface area (Å²) in [4.78, 5) is 22.4. The molecule has 1 atom stereocenters. The van der Waals surface area contributed by atoms with Crippen molar-refractivity contribution < 1.29 is 14.1 Å². The second kappa shape index (κ2) is 6.83. The molecule has 1 fully saturated rings. The number of pyridine rings is 1. The van der Waals surface area contributed by atoms with Gasteiger partial charge in [0.25, 0.3) is 0 Å². The van der Waals surface area contributed by atoms with Gasteiger partial charge in [0.15, 0.2) is 0 Å². The van der Waals surface area contributed by atoms with Crippen LogP contribution in [0.15, 0.2) is 41.1 Å². The topological polar surface area (TPSA) is 81.4 Å². The van der Waals surface area contributed by atoms with Crippen LogP contribution in [0.4, 0.5) is 10.5 Å². The van der Waals surface area contributed by atoms with Gasteiger partial charge in [0.1, 0.15) is 11.8 Å². The zero-order valence-electron chi connectivity index (χ0n) is 15.5. The average molecular weight is 364 g/mol. The normalized spacial score (nSPS) is 16.6. The predicted octanol–water partition coefficient (Wildman–Crippen LogP) is 4.15. The highest BCUT2D eigenvalue weighted by atomic mass is 16.6. The van der Waals surface area contributed by atoms with Crippen molar-refractivity contribution >= 4 is 11.8 Å². The highest BCUT2D eigenvalue weighted by Gasteiger charge is 2.31. The fourth-order valence-corrected chi connectivity index (χ4v) is 3.17. The van der Waals surface area contributed by atoms with Gasteiger partial charge in [-0.1, -0.05) is 24.2 Å². The molecule has 0 spiro atoms. The molecule has 138 valence electrons. The third kappa shape index (κ3) is 3.28. The first-order valence-corrected chi connectivity index (χ1v) is 8.91. The highest BCUT2D eigenvalue weighted by Crippen LogP contribution is 2.30. The molecule has 1 saturated heterocycles. The van der Waals surface area contributed by atoms with E-state index in [4.69, 9.17) is 9.26 Å². The molecule has 4 rings (SSSR count). The van der Waals surface area contributed by atoms with Crippen molar-refractivity contribution in [2.24, 2.45) is 0 Å². The average Bonchev–Trinajstić information content (AvgIpc) is 3.27. The van der Waals surface area contributed by atoms with E-state index in [1.54, 1.807) is 18.0 Å². The molecule has 1 amide bonds. The van der Waals surface area contributed by atoms with E-state index in [0.717, 1.165) is 28.8 Å². The Labute approximate surface area is 157 Å². The number of nitrogens with zero attached hydrogens (tertiary/aromatic N) is 4. The maximum Gasteiger partial charge on any atom is 0.414 e. The SMILES string of the molecule is CCC1CN(c2ccc(-c3ccc(-c4noc(C)n4)nc3)cc2C)C(=O)O1. The second-order valence-corrected chi connectivity index (χ2v) is 6.60. The van der Waals surface area contributed by atoms with Crippen molar-refractivity contribution in [3.05, 3.63) is 48.0 Å². The molecular formula is C20H20N4O3. The second-order valence-electron chi connectivity index (χ2n) is 6.60. The lowest BCUT2D eigenvalue weighted by Crippen LogP contribution is -2.25. The Hall–Kier alpha value is -3.22. The third-order valence-electron chi connectivity index (χ3n) is 4.67. The van der Waals surface area contributed by atoms with Gasteiger partial charge in [0.05, 0.1) is 12.2 Å². The van der Waals surface area contributed by atoms with Crippen LogP contribution < -0.4 is 4.90 Å². The van der Waals surface area contributed by atoms with Crippen LogP contribution in [-0.4, -0.2) is 33.9 Å². The number of cyclic esters (lactones) is 1. The summed E-state index contributed by atoms with van der Waals surface area (Å²) in [5, 5.41) is 3.88. The minimum Gasteiger partial charge on any atom is -0.444 e. The molecule has 27 heavy (non-hydrogen) atoms. The van der Waals surface area contributed by atoms with Gasteiger partial charge < -0.3 is 9.26 Å². The molecule has 0 saturated carbocycles. The number of carbonyl (C=O) groups excluding carboxylic acids is 1. The minimum atomic E-state index is -0.279. The van der Waals surface area contributed by atoms with Crippen LogP contribution in [-0.2, 0) is 4.74 Å². The maximum absolute atomic E-state index is 12.1. The van der Waals surface area contributed by atoms with Gasteiger partial charge in [-0.15, -0.1) is 0 Å². The predicted molar refractivity (Wildman–Crippen MR) is 100 cm³/mol. The number of carbonyl (C=O) groups is 1. The number of rotatable bonds is 4. The largest absolute Gasteiger partial charge is 0.444 e. The van der Waals surface area contributed by atoms with E-state index in [0.29, 0.717) is 24.0 Å². The summed E-state index contributed by atoms with van der Waals surface area (Å²) >= 11 is 0. The van der Waals surface area contributed by atoms with Crippen LogP contribution in [0.3, 0.4) is 0 Å². The third-order valence-corrected chi connectivity index (χ3v) is 4.67. The zero-order valence-corrected chi connectivity index (χ0v) is 15.5. The van der Waals surface area contributed by atoms with Crippen molar-refractivity contribution in [2.75, 3.05) is 11.4 Å². The Balaban J connectivity index is 1.58. The van der Waals surface area contributed by atoms with Crippen molar-refractivity contribution in [2.45, 2.75) is 33.3 Å². The number of ether oxygens (including phenoxy) is 1. The van der Waals surface area contributed by atoms with E-state index in [2.05, 4.69) is 21.2 Å². The lowest BCUT2D eigenvalue weighted by molar-refractivity contribution is 0.139. The Morgan fingerprint density at radius 3 is 2.59 bits per heavy atom. The molecule has 7 nitrogen and oxygen atoms in total. The van der Waals surface area contributed by atoms with E-state index in [-0.39, 0.29) is 12.2 Å². The molecule has 1 aliphatic heterocycles. The molecule has 0 radical (unpaired) electrons. The number of anilines is 1. The quantitative estimate of drug-likeness (QED) is 0.692. The summed E-state index contributed by atoms with van der Waals surface area (Å²) in [7, 11) is 0. The van der Waals surface area contributed by atoms with Crippen LogP contribution in [0.25, 0.3) is 22.6 Å². The van der Waals surface area contributed by atoms with E-state index >= 15 is 0 Å². The Bertz CT molecular complexity index is 981. The van der Waals surface area contributed by atoms with Gasteiger partial charge in [-0.2, -0.15) is 4.98 Å². The van der Waals surface area contributed by atoms with Gasteiger partial charge in [-0.05, 0) is 42.7 Å². The van der Waals surface area contributed by atoms with Crippen LogP contribution in [0.2, 0.25) is 0 Å². The molecule has 2 aromatic heterocycles. The lowest BCUT2D eigenvalue weighted by atomic mass is 10.0. The van der Waals surface area contributed by atoms with Gasteiger partial charge >= 0.3 is 6.09 Å². The molecule has 0 bridgehead atoms. The molecular weight excluding hydrogens is 344 g/mol. The monoisotopic (exact) mass is 364 g/mol. The van der Waals surface area contributed by atoms with Crippen molar-refractivity contribution in [3.63, 3.8) is 0 Å². The lowest BCUT2D eigenvalue weighted by Gasteiger charge is -2.17. The summed E-state index contributed by atoms with van der Waals surface area (Å²) in [6.45, 7) is 6.35. The first kappa shape index (κ1) is 17.2. The van der Waals surface area contributed by atoms with Gasteiger partial charge in [-0.3, -0.25) is 9.88 Å². The summed E-state index contributed by atoms with van der Waals surface area (Å²) in [5.74, 6) is 0.983. The number of benzene rings is 1. The summed E-state index contributed by atoms with van der Waals surface area (Å²) < 4.78 is 10.4. The minimum absolute atomic E-state index is 0.0397. The van der Waals surface area contributed by atoms with Crippen molar-refractivity contribution in [1.29, 1.82) is 0 Å². The molecule has 1 unspecified atom stereocenters. The fourth-order valence-electron chi connectivity index (χ4n) is 3.17. The number of aromatic nitrogens is 3. The number of amides is 1. The van der Waals surface area contributed by atoms with Gasteiger partial charge in [0, 0.05) is 18.7 Å². The van der Waals surface area contributed by atoms with E-state index in [1.807, 2.05) is 38.1 Å². The Kier molecular flexibility index (Phi) is 4.35. The molecule has 3 heterocycles. The highest BCUT2D eigenvalue weighted by molar-refractivity contribution is 5.91.